The van der Waals surface area contributed by atoms with E-state index in [4.69, 9.17) is 5.26 Å². The fourth-order valence-electron chi connectivity index (χ4n) is 1.68. The summed E-state index contributed by atoms with van der Waals surface area (Å²) < 4.78 is 25.4. The van der Waals surface area contributed by atoms with Crippen LogP contribution in [-0.4, -0.2) is 42.0 Å². The van der Waals surface area contributed by atoms with Gasteiger partial charge in [0.05, 0.1) is 6.10 Å². The van der Waals surface area contributed by atoms with Gasteiger partial charge in [0, 0.05) is 19.3 Å². The van der Waals surface area contributed by atoms with Crippen LogP contribution in [0, 0.1) is 11.3 Å². The largest absolute Gasteiger partial charge is 0.392 e. The molecule has 1 fully saturated rings. The summed E-state index contributed by atoms with van der Waals surface area (Å²) >= 11 is 0. The fraction of sp³-hybridized carbons (Fsp3) is 0.400. The van der Waals surface area contributed by atoms with E-state index in [0.29, 0.717) is 13.0 Å². The van der Waals surface area contributed by atoms with E-state index >= 15 is 0 Å². The Labute approximate surface area is 99.2 Å². The number of sulfonamides is 1. The van der Waals surface area contributed by atoms with E-state index < -0.39 is 16.1 Å². The molecule has 6 nitrogen and oxygen atoms in total. The standard InChI is InChI=1S/C10H11N3O3S/c11-5-8-1-2-10(6-12-8)17(15,16)13-4-3-9(14)7-13/h1-2,6,9,14H,3-4,7H2/t9-/m0/s1. The van der Waals surface area contributed by atoms with Crippen molar-refractivity contribution in [1.82, 2.24) is 9.29 Å². The minimum absolute atomic E-state index is 0.0469. The second kappa shape index (κ2) is 4.41. The molecule has 0 aromatic carbocycles. The maximum Gasteiger partial charge on any atom is 0.244 e. The lowest BCUT2D eigenvalue weighted by Crippen LogP contribution is -2.29. The smallest absolute Gasteiger partial charge is 0.244 e. The second-order valence-electron chi connectivity index (χ2n) is 3.80. The van der Waals surface area contributed by atoms with E-state index in [1.54, 1.807) is 0 Å². The highest BCUT2D eigenvalue weighted by atomic mass is 32.2. The van der Waals surface area contributed by atoms with Gasteiger partial charge in [0.1, 0.15) is 16.7 Å². The molecule has 1 saturated heterocycles. The molecule has 17 heavy (non-hydrogen) atoms. The third-order valence-corrected chi connectivity index (χ3v) is 4.46. The highest BCUT2D eigenvalue weighted by molar-refractivity contribution is 7.89. The van der Waals surface area contributed by atoms with Gasteiger partial charge in [0.15, 0.2) is 0 Å². The highest BCUT2D eigenvalue weighted by Crippen LogP contribution is 2.20. The first kappa shape index (κ1) is 12.0. The lowest BCUT2D eigenvalue weighted by Gasteiger charge is -2.15. The number of aliphatic hydroxyl groups excluding tert-OH is 1. The van der Waals surface area contributed by atoms with Crippen molar-refractivity contribution < 1.29 is 13.5 Å². The van der Waals surface area contributed by atoms with Crippen LogP contribution in [0.15, 0.2) is 23.2 Å². The summed E-state index contributed by atoms with van der Waals surface area (Å²) in [6.45, 7) is 0.422. The van der Waals surface area contributed by atoms with Crippen LogP contribution in [0.4, 0.5) is 0 Å². The van der Waals surface area contributed by atoms with Crippen LogP contribution in [0.5, 0.6) is 0 Å². The Kier molecular flexibility index (Phi) is 3.11. The lowest BCUT2D eigenvalue weighted by atomic mass is 10.3. The van der Waals surface area contributed by atoms with E-state index in [-0.39, 0.29) is 17.1 Å². The first-order chi connectivity index (χ1) is 8.04. The van der Waals surface area contributed by atoms with Crippen molar-refractivity contribution in [3.05, 3.63) is 24.0 Å². The van der Waals surface area contributed by atoms with Gasteiger partial charge in [0.25, 0.3) is 0 Å². The van der Waals surface area contributed by atoms with Gasteiger partial charge < -0.3 is 5.11 Å². The summed E-state index contributed by atoms with van der Waals surface area (Å²) in [5.74, 6) is 0. The summed E-state index contributed by atoms with van der Waals surface area (Å²) in [4.78, 5) is 3.77. The van der Waals surface area contributed by atoms with E-state index in [9.17, 15) is 13.5 Å². The van der Waals surface area contributed by atoms with Crippen LogP contribution in [0.25, 0.3) is 0 Å². The Bertz CT molecular complexity index is 547. The number of nitrogens with zero attached hydrogens (tertiary/aromatic N) is 3. The molecule has 0 spiro atoms. The van der Waals surface area contributed by atoms with Gasteiger partial charge in [-0.25, -0.2) is 13.4 Å². The Hall–Kier alpha value is -1.49. The quantitative estimate of drug-likeness (QED) is 0.781. The molecule has 0 radical (unpaired) electrons. The number of hydrogen-bond acceptors (Lipinski definition) is 5. The molecule has 2 heterocycles. The van der Waals surface area contributed by atoms with E-state index in [1.165, 1.54) is 22.6 Å². The SMILES string of the molecule is N#Cc1ccc(S(=O)(=O)N2CC[C@H](O)C2)cn1. The average molecular weight is 253 g/mol. The zero-order chi connectivity index (χ0) is 12.5. The van der Waals surface area contributed by atoms with Crippen molar-refractivity contribution in [2.45, 2.75) is 17.4 Å². The minimum atomic E-state index is -3.60. The van der Waals surface area contributed by atoms with Crippen LogP contribution in [0.1, 0.15) is 12.1 Å². The molecule has 1 atom stereocenters. The molecule has 7 heteroatoms. The van der Waals surface area contributed by atoms with Gasteiger partial charge in [0.2, 0.25) is 10.0 Å². The molecule has 0 saturated carbocycles. The fourth-order valence-corrected chi connectivity index (χ4v) is 3.12. The maximum atomic E-state index is 12.1. The second-order valence-corrected chi connectivity index (χ2v) is 5.73. The number of aliphatic hydroxyl groups is 1. The monoisotopic (exact) mass is 253 g/mol. The van der Waals surface area contributed by atoms with E-state index in [1.807, 2.05) is 6.07 Å². The molecule has 0 aliphatic carbocycles. The number of rotatable bonds is 2. The van der Waals surface area contributed by atoms with Gasteiger partial charge in [-0.1, -0.05) is 0 Å². The number of nitriles is 1. The lowest BCUT2D eigenvalue weighted by molar-refractivity contribution is 0.189. The third kappa shape index (κ3) is 2.29. The molecule has 0 unspecified atom stereocenters. The van der Waals surface area contributed by atoms with Crippen LogP contribution < -0.4 is 0 Å². The van der Waals surface area contributed by atoms with Crippen molar-refractivity contribution in [1.29, 1.82) is 5.26 Å². The van der Waals surface area contributed by atoms with Crippen molar-refractivity contribution in [3.8, 4) is 6.07 Å². The zero-order valence-corrected chi connectivity index (χ0v) is 9.76. The molecule has 2 rings (SSSR count). The van der Waals surface area contributed by atoms with Crippen molar-refractivity contribution >= 4 is 10.0 Å². The summed E-state index contributed by atoms with van der Waals surface area (Å²) in [6, 6.07) is 4.54. The van der Waals surface area contributed by atoms with E-state index in [0.717, 1.165) is 0 Å². The summed E-state index contributed by atoms with van der Waals surface area (Å²) in [7, 11) is -3.60. The first-order valence-electron chi connectivity index (χ1n) is 5.08. The Balaban J connectivity index is 2.29. The maximum absolute atomic E-state index is 12.1. The molecular formula is C10H11N3O3S. The predicted octanol–water partition coefficient (Wildman–Crippen LogP) is -0.291. The van der Waals surface area contributed by atoms with Crippen LogP contribution in [0.2, 0.25) is 0 Å². The molecular weight excluding hydrogens is 242 g/mol. The zero-order valence-electron chi connectivity index (χ0n) is 8.94. The van der Waals surface area contributed by atoms with E-state index in [2.05, 4.69) is 4.98 Å². The molecule has 1 aromatic heterocycles. The average Bonchev–Trinajstić information content (AvgIpc) is 2.77. The third-order valence-electron chi connectivity index (χ3n) is 2.61. The minimum Gasteiger partial charge on any atom is -0.392 e. The molecule has 0 amide bonds. The van der Waals surface area contributed by atoms with Crippen LogP contribution in [0.3, 0.4) is 0 Å². The Morgan fingerprint density at radius 1 is 1.53 bits per heavy atom. The number of aromatic nitrogens is 1. The number of hydrogen-bond donors (Lipinski definition) is 1. The first-order valence-corrected chi connectivity index (χ1v) is 6.52. The van der Waals surface area contributed by atoms with Crippen LogP contribution in [-0.2, 0) is 10.0 Å². The van der Waals surface area contributed by atoms with Gasteiger partial charge in [-0.15, -0.1) is 0 Å². The van der Waals surface area contributed by atoms with Gasteiger partial charge in [-0.3, -0.25) is 0 Å². The molecule has 1 aliphatic rings. The van der Waals surface area contributed by atoms with Crippen molar-refractivity contribution in [2.24, 2.45) is 0 Å². The topological polar surface area (TPSA) is 94.3 Å². The van der Waals surface area contributed by atoms with Crippen LogP contribution >= 0.6 is 0 Å². The molecule has 1 aliphatic heterocycles. The molecule has 1 aromatic rings. The van der Waals surface area contributed by atoms with Crippen molar-refractivity contribution in [3.63, 3.8) is 0 Å². The molecule has 90 valence electrons. The van der Waals surface area contributed by atoms with Gasteiger partial charge in [-0.05, 0) is 18.6 Å². The van der Waals surface area contributed by atoms with Crippen molar-refractivity contribution in [2.75, 3.05) is 13.1 Å². The Morgan fingerprint density at radius 2 is 2.29 bits per heavy atom. The number of β-amino-alcohol motifs (C(OH)–C–C–N with tert-alkyl or cyclic N) is 1. The summed E-state index contributed by atoms with van der Waals surface area (Å²) in [5, 5.41) is 17.9. The summed E-state index contributed by atoms with van der Waals surface area (Å²) in [5.41, 5.74) is 0.172. The van der Waals surface area contributed by atoms with Gasteiger partial charge in [-0.2, -0.15) is 9.57 Å². The summed E-state index contributed by atoms with van der Waals surface area (Å²) in [6.07, 6.45) is 1.01. The number of pyridine rings is 1. The normalized spacial score (nSPS) is 21.3. The molecule has 1 N–H and O–H groups in total. The predicted molar refractivity (Wildman–Crippen MR) is 58.3 cm³/mol. The highest BCUT2D eigenvalue weighted by Gasteiger charge is 2.31. The Morgan fingerprint density at radius 3 is 2.76 bits per heavy atom. The van der Waals surface area contributed by atoms with Gasteiger partial charge >= 0.3 is 0 Å². The molecule has 0 bridgehead atoms.